The molecule has 0 bridgehead atoms. The van der Waals surface area contributed by atoms with Crippen LogP contribution in [0.3, 0.4) is 0 Å². The van der Waals surface area contributed by atoms with Gasteiger partial charge < -0.3 is 5.73 Å². The van der Waals surface area contributed by atoms with Crippen molar-refractivity contribution in [3.63, 3.8) is 0 Å². The Morgan fingerprint density at radius 3 is 2.82 bits per heavy atom. The molecular weight excluding hydrogens is 250 g/mol. The topological polar surface area (TPSA) is 26.0 Å². The quantitative estimate of drug-likeness (QED) is 0.880. The number of fused-ring (bicyclic) bond motifs is 1. The molecule has 0 fully saturated rings. The Morgan fingerprint density at radius 1 is 1.24 bits per heavy atom. The summed E-state index contributed by atoms with van der Waals surface area (Å²) in [5, 5.41) is 0. The molecule has 3 rings (SSSR count). The first-order valence-electron chi connectivity index (χ1n) is 5.81. The average molecular weight is 264 g/mol. The van der Waals surface area contributed by atoms with E-state index in [2.05, 4.69) is 30.3 Å². The lowest BCUT2D eigenvalue weighted by Gasteiger charge is -2.15. The highest BCUT2D eigenvalue weighted by atomic mass is 35.5. The maximum absolute atomic E-state index is 6.26. The van der Waals surface area contributed by atoms with E-state index in [0.29, 0.717) is 5.92 Å². The van der Waals surface area contributed by atoms with Crippen molar-refractivity contribution in [1.29, 1.82) is 0 Å². The number of thiophene rings is 1. The zero-order chi connectivity index (χ0) is 11.8. The van der Waals surface area contributed by atoms with Gasteiger partial charge in [-0.1, -0.05) is 35.9 Å². The van der Waals surface area contributed by atoms with Gasteiger partial charge in [-0.05, 0) is 36.1 Å². The number of nitrogens with two attached hydrogens (primary N) is 1. The van der Waals surface area contributed by atoms with E-state index in [1.807, 2.05) is 6.07 Å². The van der Waals surface area contributed by atoms with Crippen LogP contribution in [0, 0.1) is 0 Å². The van der Waals surface area contributed by atoms with Crippen molar-refractivity contribution in [2.45, 2.75) is 24.8 Å². The first kappa shape index (κ1) is 11.3. The van der Waals surface area contributed by atoms with E-state index in [1.165, 1.54) is 16.0 Å². The fourth-order valence-electron chi connectivity index (χ4n) is 2.65. The van der Waals surface area contributed by atoms with Gasteiger partial charge in [0.05, 0.1) is 4.34 Å². The molecule has 1 aromatic carbocycles. The molecule has 1 nitrogen and oxygen atoms in total. The Balaban J connectivity index is 1.88. The predicted molar refractivity (Wildman–Crippen MR) is 73.9 cm³/mol. The van der Waals surface area contributed by atoms with Gasteiger partial charge in [0.1, 0.15) is 0 Å². The molecule has 2 atom stereocenters. The van der Waals surface area contributed by atoms with Gasteiger partial charge in [0, 0.05) is 16.8 Å². The van der Waals surface area contributed by atoms with E-state index < -0.39 is 0 Å². The Hall–Kier alpha value is -0.830. The summed E-state index contributed by atoms with van der Waals surface area (Å²) in [6.45, 7) is 0. The molecule has 1 heterocycles. The number of hydrogen-bond donors (Lipinski definition) is 1. The number of halogens is 1. The van der Waals surface area contributed by atoms with Gasteiger partial charge in [-0.3, -0.25) is 0 Å². The molecule has 0 unspecified atom stereocenters. The van der Waals surface area contributed by atoms with Gasteiger partial charge >= 0.3 is 0 Å². The highest BCUT2D eigenvalue weighted by molar-refractivity contribution is 7.16. The van der Waals surface area contributed by atoms with Crippen LogP contribution in [-0.2, 0) is 12.8 Å². The molecule has 3 heteroatoms. The van der Waals surface area contributed by atoms with Gasteiger partial charge in [0.15, 0.2) is 0 Å². The largest absolute Gasteiger partial charge is 0.327 e. The summed E-state index contributed by atoms with van der Waals surface area (Å²) in [5.74, 6) is 0.445. The summed E-state index contributed by atoms with van der Waals surface area (Å²) in [6.07, 6.45) is 2.01. The second-order valence-electron chi connectivity index (χ2n) is 4.58. The van der Waals surface area contributed by atoms with Crippen molar-refractivity contribution in [3.8, 4) is 0 Å². The summed E-state index contributed by atoms with van der Waals surface area (Å²) in [6, 6.07) is 12.9. The molecule has 0 amide bonds. The van der Waals surface area contributed by atoms with Crippen LogP contribution in [0.25, 0.3) is 0 Å². The lowest BCUT2D eigenvalue weighted by Crippen LogP contribution is -2.26. The zero-order valence-electron chi connectivity index (χ0n) is 9.40. The van der Waals surface area contributed by atoms with Crippen LogP contribution in [0.5, 0.6) is 0 Å². The zero-order valence-corrected chi connectivity index (χ0v) is 11.0. The molecule has 1 aromatic heterocycles. The molecule has 2 N–H and O–H groups in total. The monoisotopic (exact) mass is 263 g/mol. The van der Waals surface area contributed by atoms with Crippen LogP contribution in [0.15, 0.2) is 36.4 Å². The average Bonchev–Trinajstić information content (AvgIpc) is 2.85. The van der Waals surface area contributed by atoms with Gasteiger partial charge in [-0.2, -0.15) is 0 Å². The molecule has 2 aromatic rings. The van der Waals surface area contributed by atoms with Crippen LogP contribution in [0.1, 0.15) is 21.9 Å². The van der Waals surface area contributed by atoms with E-state index in [4.69, 9.17) is 17.3 Å². The van der Waals surface area contributed by atoms with Crippen LogP contribution in [-0.4, -0.2) is 6.04 Å². The van der Waals surface area contributed by atoms with Crippen LogP contribution >= 0.6 is 22.9 Å². The Bertz CT molecular complexity index is 535. The van der Waals surface area contributed by atoms with Crippen molar-refractivity contribution in [3.05, 3.63) is 56.7 Å². The van der Waals surface area contributed by atoms with Gasteiger partial charge in [0.25, 0.3) is 0 Å². The fraction of sp³-hybridized carbons (Fsp3) is 0.286. The highest BCUT2D eigenvalue weighted by Crippen LogP contribution is 2.36. The second-order valence-corrected chi connectivity index (χ2v) is 6.38. The summed E-state index contributed by atoms with van der Waals surface area (Å²) in [4.78, 5) is 1.33. The Morgan fingerprint density at radius 2 is 2.06 bits per heavy atom. The fourth-order valence-corrected chi connectivity index (χ4v) is 3.79. The molecular formula is C14H14ClNS. The number of hydrogen-bond acceptors (Lipinski definition) is 2. The first-order chi connectivity index (χ1) is 8.24. The highest BCUT2D eigenvalue weighted by Gasteiger charge is 2.29. The van der Waals surface area contributed by atoms with Crippen molar-refractivity contribution in [2.24, 2.45) is 5.73 Å². The second kappa shape index (κ2) is 4.45. The normalized spacial score (nSPS) is 22.7. The maximum atomic E-state index is 6.26. The summed E-state index contributed by atoms with van der Waals surface area (Å²) < 4.78 is 0.861. The van der Waals surface area contributed by atoms with E-state index in [1.54, 1.807) is 11.3 Å². The molecule has 0 saturated heterocycles. The Kier molecular flexibility index (Phi) is 2.95. The van der Waals surface area contributed by atoms with Crippen molar-refractivity contribution < 1.29 is 0 Å². The summed E-state index contributed by atoms with van der Waals surface area (Å²) in [5.41, 5.74) is 9.09. The number of benzene rings is 1. The molecule has 0 radical (unpaired) electrons. The van der Waals surface area contributed by atoms with E-state index in [9.17, 15) is 0 Å². The van der Waals surface area contributed by atoms with Gasteiger partial charge in [-0.25, -0.2) is 0 Å². The van der Waals surface area contributed by atoms with Crippen molar-refractivity contribution >= 4 is 22.9 Å². The molecule has 0 saturated carbocycles. The molecule has 88 valence electrons. The van der Waals surface area contributed by atoms with Gasteiger partial charge in [-0.15, -0.1) is 11.3 Å². The minimum absolute atomic E-state index is 0.244. The molecule has 17 heavy (non-hydrogen) atoms. The molecule has 0 aliphatic heterocycles. The summed E-state index contributed by atoms with van der Waals surface area (Å²) in [7, 11) is 0. The Labute approximate surface area is 110 Å². The lowest BCUT2D eigenvalue weighted by atomic mass is 9.94. The first-order valence-corrected chi connectivity index (χ1v) is 7.01. The van der Waals surface area contributed by atoms with Crippen LogP contribution in [0.2, 0.25) is 4.34 Å². The smallest absolute Gasteiger partial charge is 0.0931 e. The van der Waals surface area contributed by atoms with Crippen LogP contribution < -0.4 is 5.73 Å². The number of rotatable bonds is 2. The molecule has 0 spiro atoms. The predicted octanol–water partition coefficient (Wildman–Crippen LogP) is 3.61. The van der Waals surface area contributed by atoms with Crippen molar-refractivity contribution in [1.82, 2.24) is 0 Å². The lowest BCUT2D eigenvalue weighted by molar-refractivity contribution is 0.574. The molecule has 1 aliphatic rings. The third-order valence-corrected chi connectivity index (χ3v) is 4.73. The van der Waals surface area contributed by atoms with Crippen LogP contribution in [0.4, 0.5) is 0 Å². The minimum Gasteiger partial charge on any atom is -0.327 e. The van der Waals surface area contributed by atoms with E-state index >= 15 is 0 Å². The van der Waals surface area contributed by atoms with E-state index in [-0.39, 0.29) is 6.04 Å². The maximum Gasteiger partial charge on any atom is 0.0931 e. The van der Waals surface area contributed by atoms with E-state index in [0.717, 1.165) is 17.2 Å². The minimum atomic E-state index is 0.244. The molecule has 1 aliphatic carbocycles. The van der Waals surface area contributed by atoms with Crippen molar-refractivity contribution in [2.75, 3.05) is 0 Å². The SMILES string of the molecule is N[C@H]1Cc2ccccc2[C@H]1Cc1ccc(Cl)s1. The van der Waals surface area contributed by atoms with Gasteiger partial charge in [0.2, 0.25) is 0 Å². The third kappa shape index (κ3) is 2.13. The third-order valence-electron chi connectivity index (χ3n) is 3.48. The summed E-state index contributed by atoms with van der Waals surface area (Å²) >= 11 is 7.63. The standard InChI is InChI=1S/C14H14ClNS/c15-14-6-5-10(17-14)8-12-11-4-2-1-3-9(11)7-13(12)16/h1-6,12-13H,7-8,16H2/t12-,13+/m1/s1.